The minimum absolute atomic E-state index is 0.241. The molecule has 0 spiro atoms. The Bertz CT molecular complexity index is 1600. The molecule has 0 amide bonds. The molecular weight excluding hydrogens is 454 g/mol. The number of imidazole rings is 1. The van der Waals surface area contributed by atoms with Gasteiger partial charge < -0.3 is 14.7 Å². The van der Waals surface area contributed by atoms with Crippen LogP contribution in [0.25, 0.3) is 40.0 Å². The Hall–Kier alpha value is -4.56. The van der Waals surface area contributed by atoms with Crippen molar-refractivity contribution < 1.29 is 14.6 Å². The number of nitrogens with zero attached hydrogens (tertiary/aromatic N) is 5. The molecule has 8 heteroatoms. The smallest absolute Gasteiger partial charge is 0.335 e. The summed E-state index contributed by atoms with van der Waals surface area (Å²) >= 11 is 0. The molecule has 1 fully saturated rings. The molecule has 0 aliphatic carbocycles. The standard InChI is InChI=1S/C28H23N5O3/c34-28(35)21-7-5-20(6-8-21)25-17-29-26(32-13-15-36-16-14-32)27-31-23(18-33(25)27)12-11-22-10-9-19-3-1-2-4-24(19)30-22/h1-12,17-18H,13-16H2,(H,34,35). The summed E-state index contributed by atoms with van der Waals surface area (Å²) in [4.78, 5) is 27.9. The van der Waals surface area contributed by atoms with Crippen LogP contribution in [0, 0.1) is 0 Å². The Labute approximate surface area is 207 Å². The van der Waals surface area contributed by atoms with Crippen molar-refractivity contribution in [2.24, 2.45) is 0 Å². The van der Waals surface area contributed by atoms with Gasteiger partial charge in [-0.15, -0.1) is 0 Å². The Morgan fingerprint density at radius 1 is 0.917 bits per heavy atom. The Balaban J connectivity index is 1.42. The average molecular weight is 478 g/mol. The second-order valence-electron chi connectivity index (χ2n) is 8.57. The molecule has 1 N–H and O–H groups in total. The topological polar surface area (TPSA) is 92.8 Å². The number of carboxylic acid groups (broad SMARTS) is 1. The highest BCUT2D eigenvalue weighted by Crippen LogP contribution is 2.27. The largest absolute Gasteiger partial charge is 0.478 e. The van der Waals surface area contributed by atoms with Gasteiger partial charge >= 0.3 is 5.97 Å². The molecule has 0 unspecified atom stereocenters. The zero-order chi connectivity index (χ0) is 24.5. The molecule has 36 heavy (non-hydrogen) atoms. The van der Waals surface area contributed by atoms with Crippen LogP contribution in [0.2, 0.25) is 0 Å². The highest BCUT2D eigenvalue weighted by Gasteiger charge is 2.19. The van der Waals surface area contributed by atoms with E-state index in [1.807, 2.05) is 59.3 Å². The van der Waals surface area contributed by atoms with Gasteiger partial charge in [-0.1, -0.05) is 36.4 Å². The number of anilines is 1. The van der Waals surface area contributed by atoms with E-state index in [-0.39, 0.29) is 5.56 Å². The van der Waals surface area contributed by atoms with Crippen molar-refractivity contribution in [2.75, 3.05) is 31.2 Å². The fourth-order valence-corrected chi connectivity index (χ4v) is 4.40. The van der Waals surface area contributed by atoms with Crippen LogP contribution >= 0.6 is 0 Å². The molecule has 2 aromatic carbocycles. The van der Waals surface area contributed by atoms with Crippen LogP contribution in [-0.4, -0.2) is 56.7 Å². The molecule has 1 aliphatic heterocycles. The number of hydrogen-bond acceptors (Lipinski definition) is 6. The number of fused-ring (bicyclic) bond motifs is 2. The van der Waals surface area contributed by atoms with E-state index in [1.165, 1.54) is 0 Å². The number of aromatic carboxylic acids is 1. The van der Waals surface area contributed by atoms with Gasteiger partial charge in [-0.25, -0.2) is 19.7 Å². The van der Waals surface area contributed by atoms with Gasteiger partial charge in [0.1, 0.15) is 0 Å². The molecule has 1 aliphatic rings. The third-order valence-electron chi connectivity index (χ3n) is 6.28. The number of hydrogen-bond donors (Lipinski definition) is 1. The molecule has 4 heterocycles. The van der Waals surface area contributed by atoms with Gasteiger partial charge in [0.2, 0.25) is 0 Å². The summed E-state index contributed by atoms with van der Waals surface area (Å²) in [5, 5.41) is 10.4. The van der Waals surface area contributed by atoms with E-state index >= 15 is 0 Å². The van der Waals surface area contributed by atoms with Crippen molar-refractivity contribution in [2.45, 2.75) is 0 Å². The number of aromatic nitrogens is 4. The molecule has 0 bridgehead atoms. The SMILES string of the molecule is O=C(O)c1ccc(-c2cnc(N3CCOCC3)c3nc(C=Cc4ccc5ccccc5n4)cn23)cc1. The van der Waals surface area contributed by atoms with Crippen LogP contribution in [0.4, 0.5) is 5.82 Å². The van der Waals surface area contributed by atoms with Crippen molar-refractivity contribution in [1.82, 2.24) is 19.4 Å². The predicted octanol–water partition coefficient (Wildman–Crippen LogP) is 4.65. The molecule has 1 saturated heterocycles. The minimum Gasteiger partial charge on any atom is -0.478 e. The van der Waals surface area contributed by atoms with E-state index in [2.05, 4.69) is 11.0 Å². The van der Waals surface area contributed by atoms with Crippen molar-refractivity contribution in [3.05, 3.63) is 90.0 Å². The Kier molecular flexibility index (Phi) is 5.63. The molecule has 0 radical (unpaired) electrons. The molecule has 178 valence electrons. The Morgan fingerprint density at radius 3 is 2.50 bits per heavy atom. The fraction of sp³-hybridized carbons (Fsp3) is 0.143. The lowest BCUT2D eigenvalue weighted by atomic mass is 10.1. The first kappa shape index (κ1) is 21.9. The highest BCUT2D eigenvalue weighted by atomic mass is 16.5. The number of carbonyl (C=O) groups is 1. The third kappa shape index (κ3) is 4.18. The van der Waals surface area contributed by atoms with E-state index in [0.29, 0.717) is 13.2 Å². The van der Waals surface area contributed by atoms with E-state index in [4.69, 9.17) is 19.7 Å². The summed E-state index contributed by atoms with van der Waals surface area (Å²) in [5.74, 6) is -0.155. The van der Waals surface area contributed by atoms with E-state index in [0.717, 1.165) is 58.1 Å². The monoisotopic (exact) mass is 477 g/mol. The van der Waals surface area contributed by atoms with Crippen LogP contribution in [0.15, 0.2) is 73.1 Å². The van der Waals surface area contributed by atoms with Crippen molar-refractivity contribution in [3.63, 3.8) is 0 Å². The zero-order valence-electron chi connectivity index (χ0n) is 19.4. The van der Waals surface area contributed by atoms with E-state index in [9.17, 15) is 9.90 Å². The normalized spacial score (nSPS) is 14.2. The van der Waals surface area contributed by atoms with Crippen molar-refractivity contribution in [1.29, 1.82) is 0 Å². The van der Waals surface area contributed by atoms with Crippen LogP contribution in [-0.2, 0) is 4.74 Å². The summed E-state index contributed by atoms with van der Waals surface area (Å²) in [6.07, 6.45) is 7.69. The van der Waals surface area contributed by atoms with Crippen molar-refractivity contribution >= 4 is 40.5 Å². The summed E-state index contributed by atoms with van der Waals surface area (Å²) in [5.41, 5.74) is 5.23. The second-order valence-corrected chi connectivity index (χ2v) is 8.57. The summed E-state index contributed by atoms with van der Waals surface area (Å²) < 4.78 is 7.53. The quantitative estimate of drug-likeness (QED) is 0.394. The Morgan fingerprint density at radius 2 is 1.69 bits per heavy atom. The van der Waals surface area contributed by atoms with Crippen molar-refractivity contribution in [3.8, 4) is 11.3 Å². The number of rotatable bonds is 5. The fourth-order valence-electron chi connectivity index (χ4n) is 4.40. The number of benzene rings is 2. The molecule has 8 nitrogen and oxygen atoms in total. The van der Waals surface area contributed by atoms with Gasteiger partial charge in [-0.2, -0.15) is 0 Å². The number of ether oxygens (including phenoxy) is 1. The summed E-state index contributed by atoms with van der Waals surface area (Å²) in [6, 6.07) is 18.9. The molecule has 0 saturated carbocycles. The first-order chi connectivity index (χ1) is 17.7. The first-order valence-electron chi connectivity index (χ1n) is 11.7. The molecular formula is C28H23N5O3. The molecule has 0 atom stereocenters. The van der Waals surface area contributed by atoms with Crippen LogP contribution < -0.4 is 4.90 Å². The average Bonchev–Trinajstić information content (AvgIpc) is 3.36. The van der Waals surface area contributed by atoms with Crippen LogP contribution in [0.5, 0.6) is 0 Å². The van der Waals surface area contributed by atoms with E-state index < -0.39 is 5.97 Å². The van der Waals surface area contributed by atoms with E-state index in [1.54, 1.807) is 24.3 Å². The lowest BCUT2D eigenvalue weighted by molar-refractivity contribution is 0.0697. The van der Waals surface area contributed by atoms with Gasteiger partial charge in [-0.05, 0) is 36.4 Å². The maximum atomic E-state index is 11.3. The molecule has 3 aromatic heterocycles. The van der Waals surface area contributed by atoms with Gasteiger partial charge in [0.05, 0.1) is 47.6 Å². The lowest BCUT2D eigenvalue weighted by Gasteiger charge is -2.28. The summed E-state index contributed by atoms with van der Waals surface area (Å²) in [6.45, 7) is 2.78. The summed E-state index contributed by atoms with van der Waals surface area (Å²) in [7, 11) is 0. The minimum atomic E-state index is -0.954. The number of morpholine rings is 1. The zero-order valence-corrected chi connectivity index (χ0v) is 19.4. The highest BCUT2D eigenvalue weighted by molar-refractivity contribution is 5.88. The first-order valence-corrected chi connectivity index (χ1v) is 11.7. The van der Waals surface area contributed by atoms with Gasteiger partial charge in [-0.3, -0.25) is 4.40 Å². The maximum absolute atomic E-state index is 11.3. The number of para-hydroxylation sites is 1. The maximum Gasteiger partial charge on any atom is 0.335 e. The predicted molar refractivity (Wildman–Crippen MR) is 139 cm³/mol. The number of pyridine rings is 1. The van der Waals surface area contributed by atoms with Gasteiger partial charge in [0.25, 0.3) is 0 Å². The second kappa shape index (κ2) is 9.24. The lowest BCUT2D eigenvalue weighted by Crippen LogP contribution is -2.37. The van der Waals surface area contributed by atoms with Crippen LogP contribution in [0.3, 0.4) is 0 Å². The van der Waals surface area contributed by atoms with Gasteiger partial charge in [0, 0.05) is 30.2 Å². The van der Waals surface area contributed by atoms with Gasteiger partial charge in [0.15, 0.2) is 11.5 Å². The van der Waals surface area contributed by atoms with Crippen LogP contribution in [0.1, 0.15) is 21.7 Å². The number of carboxylic acids is 1. The third-order valence-corrected chi connectivity index (χ3v) is 6.28. The molecule has 6 rings (SSSR count). The molecule has 5 aromatic rings.